The maximum atomic E-state index is 12.2. The average Bonchev–Trinajstić information content (AvgIpc) is 2.89. The Morgan fingerprint density at radius 2 is 2.12 bits per heavy atom. The average molecular weight is 348 g/mol. The lowest BCUT2D eigenvalue weighted by molar-refractivity contribution is -0.158. The summed E-state index contributed by atoms with van der Waals surface area (Å²) in [4.78, 5) is 24.1. The molecule has 1 heterocycles. The predicted molar refractivity (Wildman–Crippen MR) is 92.4 cm³/mol. The molecular weight excluding hydrogens is 320 g/mol. The lowest BCUT2D eigenvalue weighted by Crippen LogP contribution is -2.44. The third-order valence-corrected chi connectivity index (χ3v) is 6.59. The number of fused-ring (bicyclic) bond motifs is 2. The number of aliphatic hydroxyl groups is 1. The first-order valence-electron chi connectivity index (χ1n) is 9.11. The number of allylic oxidation sites excluding steroid dienone is 2. The van der Waals surface area contributed by atoms with E-state index >= 15 is 0 Å². The molecule has 1 aliphatic heterocycles. The largest absolute Gasteiger partial charge is 0.458 e. The van der Waals surface area contributed by atoms with Crippen molar-refractivity contribution in [2.75, 3.05) is 0 Å². The summed E-state index contributed by atoms with van der Waals surface area (Å²) in [5, 5.41) is 11.2. The normalized spacial score (nSPS) is 43.7. The number of hydrogen-bond donors (Lipinski definition) is 1. The smallest absolute Gasteiger partial charge is 0.333 e. The molecule has 5 heteroatoms. The van der Waals surface area contributed by atoms with Crippen molar-refractivity contribution in [3.63, 3.8) is 0 Å². The van der Waals surface area contributed by atoms with Crippen LogP contribution < -0.4 is 0 Å². The van der Waals surface area contributed by atoms with Crippen LogP contribution in [0.1, 0.15) is 47.5 Å². The molecule has 2 fully saturated rings. The van der Waals surface area contributed by atoms with Gasteiger partial charge in [0.25, 0.3) is 0 Å². The van der Waals surface area contributed by atoms with Gasteiger partial charge in [-0.1, -0.05) is 18.6 Å². The predicted octanol–water partition coefficient (Wildman–Crippen LogP) is 2.78. The van der Waals surface area contributed by atoms with E-state index in [9.17, 15) is 14.7 Å². The van der Waals surface area contributed by atoms with E-state index in [-0.39, 0.29) is 41.7 Å². The summed E-state index contributed by atoms with van der Waals surface area (Å²) in [6.07, 6.45) is 4.30. The molecule has 0 unspecified atom stereocenters. The number of esters is 2. The third-order valence-electron chi connectivity index (χ3n) is 6.59. The van der Waals surface area contributed by atoms with Crippen LogP contribution in [0.4, 0.5) is 0 Å². The zero-order valence-electron chi connectivity index (χ0n) is 15.6. The highest BCUT2D eigenvalue weighted by atomic mass is 16.6. The summed E-state index contributed by atoms with van der Waals surface area (Å²) in [5.41, 5.74) is 0.531. The summed E-state index contributed by atoms with van der Waals surface area (Å²) in [6.45, 7) is 9.18. The monoisotopic (exact) mass is 348 g/mol. The molecule has 1 saturated carbocycles. The standard InChI is InChI=1S/C20H28O5/c1-6-10(2)18(21)25-17-9-13-11(3)7-16-14(12(4)19(22)24-16)8-15(13)20(17,5)23/h6-7,12-17,23H,8-9H2,1-5H3/b10-6+/t12-,13-,14+,15+,16+,17+,20+/m0/s1. The van der Waals surface area contributed by atoms with Gasteiger partial charge in [-0.2, -0.15) is 0 Å². The minimum atomic E-state index is -1.12. The first kappa shape index (κ1) is 18.2. The van der Waals surface area contributed by atoms with E-state index in [0.717, 1.165) is 5.57 Å². The molecular formula is C20H28O5. The molecule has 2 aliphatic carbocycles. The molecule has 1 saturated heterocycles. The van der Waals surface area contributed by atoms with Crippen molar-refractivity contribution < 1.29 is 24.2 Å². The molecule has 3 rings (SSSR count). The van der Waals surface area contributed by atoms with E-state index in [2.05, 4.69) is 0 Å². The minimum absolute atomic E-state index is 0.0561. The van der Waals surface area contributed by atoms with Crippen molar-refractivity contribution in [2.24, 2.45) is 23.7 Å². The zero-order valence-corrected chi connectivity index (χ0v) is 15.6. The first-order valence-corrected chi connectivity index (χ1v) is 9.11. The van der Waals surface area contributed by atoms with Crippen LogP contribution in [0.15, 0.2) is 23.3 Å². The van der Waals surface area contributed by atoms with E-state index in [1.807, 2.05) is 19.9 Å². The molecule has 1 N–H and O–H groups in total. The molecule has 0 aromatic heterocycles. The van der Waals surface area contributed by atoms with Crippen LogP contribution in [-0.4, -0.2) is 34.9 Å². The molecule has 7 atom stereocenters. The zero-order chi connectivity index (χ0) is 18.5. The van der Waals surface area contributed by atoms with Crippen molar-refractivity contribution >= 4 is 11.9 Å². The number of ether oxygens (including phenoxy) is 2. The molecule has 0 spiro atoms. The van der Waals surface area contributed by atoms with Crippen LogP contribution in [0, 0.1) is 23.7 Å². The van der Waals surface area contributed by atoms with Crippen molar-refractivity contribution in [2.45, 2.75) is 65.3 Å². The highest BCUT2D eigenvalue weighted by molar-refractivity contribution is 5.87. The Morgan fingerprint density at radius 3 is 2.76 bits per heavy atom. The fourth-order valence-electron chi connectivity index (χ4n) is 4.65. The van der Waals surface area contributed by atoms with Gasteiger partial charge >= 0.3 is 11.9 Å². The Hall–Kier alpha value is -1.62. The van der Waals surface area contributed by atoms with Crippen LogP contribution in [0.2, 0.25) is 0 Å². The summed E-state index contributed by atoms with van der Waals surface area (Å²) in [6, 6.07) is 0. The van der Waals surface area contributed by atoms with E-state index in [1.165, 1.54) is 0 Å². The van der Waals surface area contributed by atoms with Gasteiger partial charge in [0.05, 0.1) is 5.92 Å². The van der Waals surface area contributed by atoms with Gasteiger partial charge < -0.3 is 14.6 Å². The number of hydrogen-bond acceptors (Lipinski definition) is 5. The van der Waals surface area contributed by atoms with Crippen molar-refractivity contribution in [1.29, 1.82) is 0 Å². The quantitative estimate of drug-likeness (QED) is 0.472. The summed E-state index contributed by atoms with van der Waals surface area (Å²) in [7, 11) is 0. The molecule has 0 aromatic carbocycles. The second-order valence-electron chi connectivity index (χ2n) is 8.04. The van der Waals surface area contributed by atoms with Gasteiger partial charge in [-0.15, -0.1) is 0 Å². The highest BCUT2D eigenvalue weighted by Gasteiger charge is 2.57. The SMILES string of the molecule is C/C=C(\C)C(=O)O[C@@H]1C[C@H]2C(C)=C[C@H]3OC(=O)[C@@H](C)[C@H]3C[C@H]2[C@@]1(C)O. The second kappa shape index (κ2) is 6.27. The maximum absolute atomic E-state index is 12.2. The molecule has 5 nitrogen and oxygen atoms in total. The van der Waals surface area contributed by atoms with Crippen molar-refractivity contribution in [3.05, 3.63) is 23.3 Å². The summed E-state index contributed by atoms with van der Waals surface area (Å²) >= 11 is 0. The molecule has 25 heavy (non-hydrogen) atoms. The third kappa shape index (κ3) is 2.92. The number of rotatable bonds is 2. The Morgan fingerprint density at radius 1 is 1.44 bits per heavy atom. The molecule has 3 aliphatic rings. The molecule has 0 aromatic rings. The highest BCUT2D eigenvalue weighted by Crippen LogP contribution is 2.52. The first-order chi connectivity index (χ1) is 11.7. The fourth-order valence-corrected chi connectivity index (χ4v) is 4.65. The van der Waals surface area contributed by atoms with Crippen LogP contribution in [0.25, 0.3) is 0 Å². The minimum Gasteiger partial charge on any atom is -0.458 e. The molecule has 0 radical (unpaired) electrons. The fraction of sp³-hybridized carbons (Fsp3) is 0.700. The Kier molecular flexibility index (Phi) is 4.56. The van der Waals surface area contributed by atoms with Crippen LogP contribution in [-0.2, 0) is 19.1 Å². The maximum Gasteiger partial charge on any atom is 0.333 e. The lowest BCUT2D eigenvalue weighted by atomic mass is 9.76. The molecule has 138 valence electrons. The van der Waals surface area contributed by atoms with Crippen molar-refractivity contribution in [1.82, 2.24) is 0 Å². The van der Waals surface area contributed by atoms with Gasteiger partial charge in [0, 0.05) is 11.5 Å². The van der Waals surface area contributed by atoms with Crippen LogP contribution in [0.5, 0.6) is 0 Å². The van der Waals surface area contributed by atoms with E-state index in [4.69, 9.17) is 9.47 Å². The van der Waals surface area contributed by atoms with E-state index in [0.29, 0.717) is 18.4 Å². The Balaban J connectivity index is 1.87. The van der Waals surface area contributed by atoms with Gasteiger partial charge in [-0.05, 0) is 58.4 Å². The molecule has 0 bridgehead atoms. The Labute approximate surface area is 149 Å². The summed E-state index contributed by atoms with van der Waals surface area (Å²) in [5.74, 6) is -0.570. The van der Waals surface area contributed by atoms with Crippen molar-refractivity contribution in [3.8, 4) is 0 Å². The van der Waals surface area contributed by atoms with Crippen LogP contribution in [0.3, 0.4) is 0 Å². The van der Waals surface area contributed by atoms with Gasteiger partial charge in [-0.25, -0.2) is 4.79 Å². The number of carbonyl (C=O) groups is 2. The van der Waals surface area contributed by atoms with Gasteiger partial charge in [0.15, 0.2) is 0 Å². The number of carbonyl (C=O) groups excluding carboxylic acids is 2. The van der Waals surface area contributed by atoms with E-state index < -0.39 is 11.7 Å². The van der Waals surface area contributed by atoms with Gasteiger partial charge in [-0.3, -0.25) is 4.79 Å². The topological polar surface area (TPSA) is 72.8 Å². The molecule has 0 amide bonds. The van der Waals surface area contributed by atoms with E-state index in [1.54, 1.807) is 26.8 Å². The van der Waals surface area contributed by atoms with Gasteiger partial charge in [0.1, 0.15) is 17.8 Å². The van der Waals surface area contributed by atoms with Crippen LogP contribution >= 0.6 is 0 Å². The van der Waals surface area contributed by atoms with Gasteiger partial charge in [0.2, 0.25) is 0 Å². The second-order valence-corrected chi connectivity index (χ2v) is 8.04. The summed E-state index contributed by atoms with van der Waals surface area (Å²) < 4.78 is 11.1. The lowest BCUT2D eigenvalue weighted by Gasteiger charge is -2.33. The Bertz CT molecular complexity index is 644.